The average molecular weight is 227 g/mol. The highest BCUT2D eigenvalue weighted by molar-refractivity contribution is 5.33. The molecule has 0 nitrogen and oxygen atoms in total. The van der Waals surface area contributed by atoms with Gasteiger partial charge in [0.1, 0.15) is 0 Å². The lowest BCUT2D eigenvalue weighted by molar-refractivity contribution is -0.138. The van der Waals surface area contributed by atoms with Gasteiger partial charge in [0.05, 0.1) is 5.56 Å². The molecule has 0 aromatic heterocycles. The van der Waals surface area contributed by atoms with Gasteiger partial charge in [-0.3, -0.25) is 0 Å². The lowest BCUT2D eigenvalue weighted by Gasteiger charge is -2.24. The summed E-state index contributed by atoms with van der Waals surface area (Å²) in [5.74, 6) is 0.0478. The molecule has 2 rings (SSSR count). The molecule has 87 valence electrons. The molecule has 16 heavy (non-hydrogen) atoms. The zero-order valence-electron chi connectivity index (χ0n) is 8.93. The highest BCUT2D eigenvalue weighted by Crippen LogP contribution is 2.40. The predicted octanol–water partition coefficient (Wildman–Crippen LogP) is 4.57. The highest BCUT2D eigenvalue weighted by Gasteiger charge is 2.34. The molecular formula is C13H14F3. The second-order valence-corrected chi connectivity index (χ2v) is 4.24. The largest absolute Gasteiger partial charge is 0.416 e. The Balaban J connectivity index is 2.32. The molecule has 0 bridgehead atoms. The smallest absolute Gasteiger partial charge is 0.166 e. The molecule has 0 amide bonds. The number of halogens is 3. The van der Waals surface area contributed by atoms with Crippen molar-refractivity contribution in [1.82, 2.24) is 0 Å². The van der Waals surface area contributed by atoms with E-state index in [9.17, 15) is 13.2 Å². The van der Waals surface area contributed by atoms with Crippen LogP contribution in [0.3, 0.4) is 0 Å². The quantitative estimate of drug-likeness (QED) is 0.659. The first kappa shape index (κ1) is 11.5. The molecule has 1 aliphatic carbocycles. The van der Waals surface area contributed by atoms with Crippen molar-refractivity contribution >= 4 is 0 Å². The second kappa shape index (κ2) is 4.48. The second-order valence-electron chi connectivity index (χ2n) is 4.24. The summed E-state index contributed by atoms with van der Waals surface area (Å²) in [6, 6.07) is 5.95. The first-order valence-electron chi connectivity index (χ1n) is 5.57. The molecule has 1 saturated carbocycles. The SMILES string of the molecule is FC(F)(F)c1ccccc1C1C[CH]CCC1. The van der Waals surface area contributed by atoms with Crippen LogP contribution in [0.25, 0.3) is 0 Å². The summed E-state index contributed by atoms with van der Waals surface area (Å²) in [5, 5.41) is 0. The van der Waals surface area contributed by atoms with E-state index in [1.54, 1.807) is 12.1 Å². The van der Waals surface area contributed by atoms with Gasteiger partial charge in [0.15, 0.2) is 0 Å². The van der Waals surface area contributed by atoms with Gasteiger partial charge >= 0.3 is 6.18 Å². The minimum absolute atomic E-state index is 0.0478. The van der Waals surface area contributed by atoms with Crippen LogP contribution in [0.2, 0.25) is 0 Å². The van der Waals surface area contributed by atoms with E-state index in [1.807, 2.05) is 0 Å². The fraction of sp³-hybridized carbons (Fsp3) is 0.462. The van der Waals surface area contributed by atoms with Gasteiger partial charge in [0.2, 0.25) is 0 Å². The van der Waals surface area contributed by atoms with Crippen LogP contribution in [-0.4, -0.2) is 0 Å². The van der Waals surface area contributed by atoms with E-state index in [2.05, 4.69) is 6.42 Å². The zero-order chi connectivity index (χ0) is 11.6. The maximum Gasteiger partial charge on any atom is 0.416 e. The van der Waals surface area contributed by atoms with Gasteiger partial charge in [-0.05, 0) is 36.8 Å². The van der Waals surface area contributed by atoms with Crippen molar-refractivity contribution in [2.45, 2.75) is 37.8 Å². The minimum atomic E-state index is -4.23. The van der Waals surface area contributed by atoms with Crippen molar-refractivity contribution in [3.05, 3.63) is 41.8 Å². The molecule has 0 spiro atoms. The van der Waals surface area contributed by atoms with Crippen molar-refractivity contribution in [1.29, 1.82) is 0 Å². The van der Waals surface area contributed by atoms with Crippen molar-refractivity contribution in [3.8, 4) is 0 Å². The Bertz CT molecular complexity index is 348. The minimum Gasteiger partial charge on any atom is -0.166 e. The van der Waals surface area contributed by atoms with E-state index in [4.69, 9.17) is 0 Å². The van der Waals surface area contributed by atoms with Crippen LogP contribution in [0.15, 0.2) is 24.3 Å². The van der Waals surface area contributed by atoms with E-state index in [-0.39, 0.29) is 5.92 Å². The number of benzene rings is 1. The fourth-order valence-electron chi connectivity index (χ4n) is 2.34. The Labute approximate surface area is 93.5 Å². The number of hydrogen-bond donors (Lipinski definition) is 0. The van der Waals surface area contributed by atoms with Gasteiger partial charge in [-0.1, -0.05) is 31.0 Å². The van der Waals surface area contributed by atoms with Crippen LogP contribution in [0.1, 0.15) is 42.7 Å². The first-order chi connectivity index (χ1) is 7.59. The maximum absolute atomic E-state index is 12.8. The Hall–Kier alpha value is -0.990. The highest BCUT2D eigenvalue weighted by atomic mass is 19.4. The molecule has 0 N–H and O–H groups in total. The topological polar surface area (TPSA) is 0 Å². The van der Waals surface area contributed by atoms with Crippen LogP contribution in [0.5, 0.6) is 0 Å². The van der Waals surface area contributed by atoms with Crippen LogP contribution in [-0.2, 0) is 6.18 Å². The van der Waals surface area contributed by atoms with Crippen molar-refractivity contribution < 1.29 is 13.2 Å². The summed E-state index contributed by atoms with van der Waals surface area (Å²) in [6.45, 7) is 0. The Morgan fingerprint density at radius 3 is 2.50 bits per heavy atom. The van der Waals surface area contributed by atoms with Crippen LogP contribution < -0.4 is 0 Å². The van der Waals surface area contributed by atoms with Gasteiger partial charge in [-0.15, -0.1) is 0 Å². The molecular weight excluding hydrogens is 213 g/mol. The molecule has 0 aliphatic heterocycles. The van der Waals surface area contributed by atoms with Gasteiger partial charge < -0.3 is 0 Å². The molecule has 1 atom stereocenters. The summed E-state index contributed by atoms with van der Waals surface area (Å²) in [4.78, 5) is 0. The molecule has 1 fully saturated rings. The summed E-state index contributed by atoms with van der Waals surface area (Å²) in [6.07, 6.45) is 1.54. The maximum atomic E-state index is 12.8. The molecule has 1 aromatic carbocycles. The van der Waals surface area contributed by atoms with Gasteiger partial charge in [0, 0.05) is 0 Å². The standard InChI is InChI=1S/C13H14F3/c14-13(15,16)12-9-5-4-8-11(12)10-6-2-1-3-7-10/h2,4-5,8-10H,1,3,6-7H2. The van der Waals surface area contributed by atoms with Gasteiger partial charge in [-0.2, -0.15) is 13.2 Å². The van der Waals surface area contributed by atoms with E-state index in [0.29, 0.717) is 5.56 Å². The van der Waals surface area contributed by atoms with Crippen LogP contribution in [0, 0.1) is 6.42 Å². The Morgan fingerprint density at radius 1 is 1.12 bits per heavy atom. The lowest BCUT2D eigenvalue weighted by atomic mass is 9.82. The summed E-state index contributed by atoms with van der Waals surface area (Å²) >= 11 is 0. The van der Waals surface area contributed by atoms with Crippen molar-refractivity contribution in [3.63, 3.8) is 0 Å². The monoisotopic (exact) mass is 227 g/mol. The van der Waals surface area contributed by atoms with Gasteiger partial charge in [-0.25, -0.2) is 0 Å². The predicted molar refractivity (Wildman–Crippen MR) is 57.0 cm³/mol. The molecule has 1 aromatic rings. The van der Waals surface area contributed by atoms with E-state index in [0.717, 1.165) is 25.7 Å². The van der Waals surface area contributed by atoms with Gasteiger partial charge in [0.25, 0.3) is 0 Å². The third-order valence-corrected chi connectivity index (χ3v) is 3.12. The summed E-state index contributed by atoms with van der Waals surface area (Å²) in [7, 11) is 0. The summed E-state index contributed by atoms with van der Waals surface area (Å²) < 4.78 is 38.4. The Kier molecular flexibility index (Phi) is 3.22. The molecule has 1 unspecified atom stereocenters. The van der Waals surface area contributed by atoms with Crippen LogP contribution in [0.4, 0.5) is 13.2 Å². The normalized spacial score (nSPS) is 18.7. The lowest BCUT2D eigenvalue weighted by Crippen LogP contribution is -2.14. The van der Waals surface area contributed by atoms with E-state index < -0.39 is 11.7 Å². The van der Waals surface area contributed by atoms with Crippen molar-refractivity contribution in [2.75, 3.05) is 0 Å². The number of alkyl halides is 3. The first-order valence-corrected chi connectivity index (χ1v) is 5.57. The fourth-order valence-corrected chi connectivity index (χ4v) is 2.34. The zero-order valence-corrected chi connectivity index (χ0v) is 8.93. The third kappa shape index (κ3) is 2.39. The molecule has 1 radical (unpaired) electrons. The van der Waals surface area contributed by atoms with Crippen LogP contribution >= 0.6 is 0 Å². The Morgan fingerprint density at radius 2 is 1.88 bits per heavy atom. The van der Waals surface area contributed by atoms with E-state index >= 15 is 0 Å². The molecule has 1 aliphatic rings. The molecule has 0 heterocycles. The third-order valence-electron chi connectivity index (χ3n) is 3.12. The number of hydrogen-bond acceptors (Lipinski definition) is 0. The molecule has 3 heteroatoms. The number of rotatable bonds is 1. The van der Waals surface area contributed by atoms with Crippen molar-refractivity contribution in [2.24, 2.45) is 0 Å². The average Bonchev–Trinajstić information content (AvgIpc) is 2.29. The summed E-state index contributed by atoms with van der Waals surface area (Å²) in [5.41, 5.74) is 0.00116. The van der Waals surface area contributed by atoms with E-state index in [1.165, 1.54) is 12.1 Å². The molecule has 0 saturated heterocycles.